The maximum Gasteiger partial charge on any atom is 0.312 e. The number of carboxylic acids is 1. The number of carboxylic acid groups (broad SMARTS) is 1. The molecule has 1 fully saturated rings. The molecule has 0 aliphatic heterocycles. The minimum Gasteiger partial charge on any atom is -0.481 e. The second-order valence-corrected chi connectivity index (χ2v) is 4.42. The van der Waals surface area contributed by atoms with Crippen molar-refractivity contribution in [3.05, 3.63) is 17.3 Å². The van der Waals surface area contributed by atoms with Gasteiger partial charge in [-0.1, -0.05) is 0 Å². The van der Waals surface area contributed by atoms with Crippen molar-refractivity contribution in [2.45, 2.75) is 43.9 Å². The standard InChI is InChI=1S/C11H13NO3/c13-11(14)7-2-1-3-8-9(7)12-10(15-8)6-4-5-6/h6-7H,1-5H2,(H,13,14). The molecule has 2 aliphatic rings. The van der Waals surface area contributed by atoms with E-state index in [-0.39, 0.29) is 0 Å². The quantitative estimate of drug-likeness (QED) is 0.806. The van der Waals surface area contributed by atoms with E-state index in [9.17, 15) is 4.79 Å². The molecule has 4 heteroatoms. The summed E-state index contributed by atoms with van der Waals surface area (Å²) in [6.45, 7) is 0. The molecule has 4 nitrogen and oxygen atoms in total. The lowest BCUT2D eigenvalue weighted by molar-refractivity contribution is -0.139. The molecule has 0 amide bonds. The number of hydrogen-bond donors (Lipinski definition) is 1. The van der Waals surface area contributed by atoms with Gasteiger partial charge in [-0.05, 0) is 25.7 Å². The van der Waals surface area contributed by atoms with Crippen molar-refractivity contribution in [2.24, 2.45) is 0 Å². The fraction of sp³-hybridized carbons (Fsp3) is 0.636. The lowest BCUT2D eigenvalue weighted by Gasteiger charge is -2.15. The molecule has 1 N–H and O–H groups in total. The summed E-state index contributed by atoms with van der Waals surface area (Å²) < 4.78 is 5.64. The number of aliphatic carboxylic acids is 1. The number of carbonyl (C=O) groups is 1. The van der Waals surface area contributed by atoms with Gasteiger partial charge in [0, 0.05) is 12.3 Å². The zero-order chi connectivity index (χ0) is 10.4. The molecule has 0 aromatic carbocycles. The van der Waals surface area contributed by atoms with Crippen LogP contribution in [0.15, 0.2) is 4.42 Å². The highest BCUT2D eigenvalue weighted by atomic mass is 16.4. The van der Waals surface area contributed by atoms with Crippen LogP contribution in [0.1, 0.15) is 54.9 Å². The average molecular weight is 207 g/mol. The van der Waals surface area contributed by atoms with E-state index < -0.39 is 11.9 Å². The van der Waals surface area contributed by atoms with E-state index in [0.717, 1.165) is 37.3 Å². The first-order chi connectivity index (χ1) is 7.25. The molecule has 0 radical (unpaired) electrons. The zero-order valence-corrected chi connectivity index (χ0v) is 8.40. The molecule has 1 unspecified atom stereocenters. The minimum atomic E-state index is -0.772. The number of rotatable bonds is 2. The van der Waals surface area contributed by atoms with Gasteiger partial charge in [-0.15, -0.1) is 0 Å². The van der Waals surface area contributed by atoms with Gasteiger partial charge in [0.15, 0.2) is 5.89 Å². The van der Waals surface area contributed by atoms with Gasteiger partial charge < -0.3 is 9.52 Å². The minimum absolute atomic E-state index is 0.440. The van der Waals surface area contributed by atoms with Gasteiger partial charge >= 0.3 is 5.97 Å². The van der Waals surface area contributed by atoms with Crippen molar-refractivity contribution in [1.82, 2.24) is 4.98 Å². The molecule has 1 saturated carbocycles. The summed E-state index contributed by atoms with van der Waals surface area (Å²) in [6, 6.07) is 0. The van der Waals surface area contributed by atoms with Crippen molar-refractivity contribution < 1.29 is 14.3 Å². The molecule has 0 bridgehead atoms. The third-order valence-corrected chi connectivity index (χ3v) is 3.20. The van der Waals surface area contributed by atoms with Gasteiger partial charge in [0.1, 0.15) is 11.7 Å². The molecule has 0 spiro atoms. The number of oxazole rings is 1. The smallest absolute Gasteiger partial charge is 0.312 e. The Morgan fingerprint density at radius 2 is 2.20 bits per heavy atom. The molecule has 1 atom stereocenters. The van der Waals surface area contributed by atoms with Crippen LogP contribution < -0.4 is 0 Å². The SMILES string of the molecule is O=C(O)C1CCCc2oc(C3CC3)nc21. The van der Waals surface area contributed by atoms with Gasteiger partial charge in [-0.2, -0.15) is 0 Å². The number of fused-ring (bicyclic) bond motifs is 1. The van der Waals surface area contributed by atoms with Crippen LogP contribution in [-0.2, 0) is 11.2 Å². The van der Waals surface area contributed by atoms with Crippen LogP contribution in [0.3, 0.4) is 0 Å². The highest BCUT2D eigenvalue weighted by Crippen LogP contribution is 2.42. The second kappa shape index (κ2) is 3.08. The summed E-state index contributed by atoms with van der Waals surface area (Å²) >= 11 is 0. The Hall–Kier alpha value is -1.32. The van der Waals surface area contributed by atoms with Crippen LogP contribution in [0.5, 0.6) is 0 Å². The molecule has 80 valence electrons. The summed E-state index contributed by atoms with van der Waals surface area (Å²) in [6.07, 6.45) is 4.70. The summed E-state index contributed by atoms with van der Waals surface area (Å²) in [5.74, 6) is 0.838. The van der Waals surface area contributed by atoms with Crippen molar-refractivity contribution in [3.8, 4) is 0 Å². The normalized spacial score (nSPS) is 24.9. The third kappa shape index (κ3) is 1.44. The van der Waals surface area contributed by atoms with Crippen LogP contribution >= 0.6 is 0 Å². The second-order valence-electron chi connectivity index (χ2n) is 4.42. The van der Waals surface area contributed by atoms with Crippen molar-refractivity contribution in [2.75, 3.05) is 0 Å². The third-order valence-electron chi connectivity index (χ3n) is 3.20. The molecule has 1 heterocycles. The van der Waals surface area contributed by atoms with Gasteiger partial charge in [0.25, 0.3) is 0 Å². The lowest BCUT2D eigenvalue weighted by atomic mass is 9.91. The Kier molecular flexibility index (Phi) is 1.84. The molecule has 2 aliphatic carbocycles. The Balaban J connectivity index is 1.98. The molecular weight excluding hydrogens is 194 g/mol. The molecule has 15 heavy (non-hydrogen) atoms. The first kappa shape index (κ1) is 8.95. The summed E-state index contributed by atoms with van der Waals surface area (Å²) in [5.41, 5.74) is 0.690. The van der Waals surface area contributed by atoms with E-state index >= 15 is 0 Å². The number of aromatic nitrogens is 1. The van der Waals surface area contributed by atoms with E-state index in [4.69, 9.17) is 9.52 Å². The predicted molar refractivity (Wildman–Crippen MR) is 51.8 cm³/mol. The molecule has 1 aromatic heterocycles. The lowest BCUT2D eigenvalue weighted by Crippen LogP contribution is -2.17. The predicted octanol–water partition coefficient (Wildman–Crippen LogP) is 2.06. The van der Waals surface area contributed by atoms with E-state index in [1.165, 1.54) is 0 Å². The Morgan fingerprint density at radius 1 is 1.40 bits per heavy atom. The Bertz CT molecular complexity index is 406. The number of aryl methyl sites for hydroxylation is 1. The van der Waals surface area contributed by atoms with Crippen molar-refractivity contribution in [3.63, 3.8) is 0 Å². The van der Waals surface area contributed by atoms with E-state index in [1.54, 1.807) is 0 Å². The van der Waals surface area contributed by atoms with Gasteiger partial charge in [-0.3, -0.25) is 4.79 Å². The fourth-order valence-corrected chi connectivity index (χ4v) is 2.18. The van der Waals surface area contributed by atoms with Gasteiger partial charge in [0.2, 0.25) is 0 Å². The average Bonchev–Trinajstić information content (AvgIpc) is 2.96. The van der Waals surface area contributed by atoms with Crippen LogP contribution in [-0.4, -0.2) is 16.1 Å². The summed E-state index contributed by atoms with van der Waals surface area (Å²) in [7, 11) is 0. The fourth-order valence-electron chi connectivity index (χ4n) is 2.18. The first-order valence-corrected chi connectivity index (χ1v) is 5.48. The number of nitrogens with zero attached hydrogens (tertiary/aromatic N) is 1. The van der Waals surface area contributed by atoms with Crippen molar-refractivity contribution >= 4 is 5.97 Å². The number of hydrogen-bond acceptors (Lipinski definition) is 3. The first-order valence-electron chi connectivity index (χ1n) is 5.48. The van der Waals surface area contributed by atoms with E-state index in [2.05, 4.69) is 4.98 Å². The van der Waals surface area contributed by atoms with Crippen LogP contribution in [0.2, 0.25) is 0 Å². The summed E-state index contributed by atoms with van der Waals surface area (Å²) in [5, 5.41) is 9.07. The van der Waals surface area contributed by atoms with E-state index in [1.807, 2.05) is 0 Å². The Morgan fingerprint density at radius 3 is 2.87 bits per heavy atom. The van der Waals surface area contributed by atoms with Crippen LogP contribution in [0.4, 0.5) is 0 Å². The van der Waals surface area contributed by atoms with Crippen LogP contribution in [0.25, 0.3) is 0 Å². The van der Waals surface area contributed by atoms with E-state index in [0.29, 0.717) is 18.0 Å². The molecular formula is C11H13NO3. The van der Waals surface area contributed by atoms with Gasteiger partial charge in [0.05, 0.1) is 5.69 Å². The molecule has 3 rings (SSSR count). The maximum absolute atomic E-state index is 11.0. The topological polar surface area (TPSA) is 63.3 Å². The molecule has 1 aromatic rings. The highest BCUT2D eigenvalue weighted by Gasteiger charge is 2.35. The van der Waals surface area contributed by atoms with Gasteiger partial charge in [-0.25, -0.2) is 4.98 Å². The Labute approximate surface area is 87.3 Å². The zero-order valence-electron chi connectivity index (χ0n) is 8.40. The van der Waals surface area contributed by atoms with Crippen LogP contribution in [0, 0.1) is 0 Å². The highest BCUT2D eigenvalue weighted by molar-refractivity contribution is 5.76. The van der Waals surface area contributed by atoms with Crippen molar-refractivity contribution in [1.29, 1.82) is 0 Å². The maximum atomic E-state index is 11.0. The summed E-state index contributed by atoms with van der Waals surface area (Å²) in [4.78, 5) is 15.4. The largest absolute Gasteiger partial charge is 0.481 e. The molecule has 0 saturated heterocycles. The monoisotopic (exact) mass is 207 g/mol.